The minimum absolute atomic E-state index is 0.648. The van der Waals surface area contributed by atoms with Crippen molar-refractivity contribution in [2.45, 2.75) is 13.1 Å². The van der Waals surface area contributed by atoms with Crippen LogP contribution in [0.15, 0.2) is 29.6 Å². The van der Waals surface area contributed by atoms with Gasteiger partial charge in [0.2, 0.25) is 0 Å². The summed E-state index contributed by atoms with van der Waals surface area (Å²) in [6.45, 7) is 1.53. The van der Waals surface area contributed by atoms with Crippen LogP contribution in [0.5, 0.6) is 11.5 Å². The molecule has 2 aromatic rings. The first kappa shape index (κ1) is 14.2. The molecule has 0 fully saturated rings. The Bertz CT molecular complexity index is 528. The molecular weight excluding hydrogens is 282 g/mol. The largest absolute Gasteiger partial charge is 0.493 e. The summed E-state index contributed by atoms with van der Waals surface area (Å²) in [5.74, 6) is 1.34. The molecule has 0 bridgehead atoms. The number of benzene rings is 1. The average molecular weight is 298 g/mol. The van der Waals surface area contributed by atoms with E-state index in [1.807, 2.05) is 12.1 Å². The van der Waals surface area contributed by atoms with Crippen molar-refractivity contribution in [3.05, 3.63) is 45.1 Å². The molecule has 0 unspecified atom stereocenters. The second-order valence-corrected chi connectivity index (χ2v) is 5.42. The Kier molecular flexibility index (Phi) is 5.07. The van der Waals surface area contributed by atoms with Crippen molar-refractivity contribution in [3.63, 3.8) is 0 Å². The summed E-state index contributed by atoms with van der Waals surface area (Å²) in [7, 11) is 3.22. The zero-order valence-electron chi connectivity index (χ0n) is 10.9. The third kappa shape index (κ3) is 3.62. The highest BCUT2D eigenvalue weighted by molar-refractivity contribution is 7.09. The third-order valence-electron chi connectivity index (χ3n) is 2.75. The summed E-state index contributed by atoms with van der Waals surface area (Å²) in [6, 6.07) is 7.84. The lowest BCUT2D eigenvalue weighted by Crippen LogP contribution is -2.12. The summed E-state index contributed by atoms with van der Waals surface area (Å²) in [5.41, 5.74) is 0.996. The van der Waals surface area contributed by atoms with Gasteiger partial charge in [0, 0.05) is 29.1 Å². The first-order valence-corrected chi connectivity index (χ1v) is 7.14. The minimum atomic E-state index is 0.648. The van der Waals surface area contributed by atoms with E-state index in [9.17, 15) is 0 Å². The SMILES string of the molecule is COc1cc(Cl)c(CNCc2cccs2)cc1OC. The van der Waals surface area contributed by atoms with E-state index in [-0.39, 0.29) is 0 Å². The molecular formula is C14H16ClNO2S. The molecule has 0 atom stereocenters. The molecule has 1 N–H and O–H groups in total. The quantitative estimate of drug-likeness (QED) is 0.882. The molecule has 0 aliphatic carbocycles. The van der Waals surface area contributed by atoms with Crippen LogP contribution in [0.3, 0.4) is 0 Å². The number of hydrogen-bond donors (Lipinski definition) is 1. The Labute approximate surface area is 122 Å². The average Bonchev–Trinajstić information content (AvgIpc) is 2.93. The van der Waals surface area contributed by atoms with Gasteiger partial charge < -0.3 is 14.8 Å². The molecule has 102 valence electrons. The fourth-order valence-corrected chi connectivity index (χ4v) is 2.66. The van der Waals surface area contributed by atoms with Crippen LogP contribution in [0.2, 0.25) is 5.02 Å². The maximum Gasteiger partial charge on any atom is 0.162 e. The van der Waals surface area contributed by atoms with Crippen LogP contribution in [-0.2, 0) is 13.1 Å². The monoisotopic (exact) mass is 297 g/mol. The molecule has 0 saturated heterocycles. The lowest BCUT2D eigenvalue weighted by Gasteiger charge is -2.12. The van der Waals surface area contributed by atoms with Crippen molar-refractivity contribution in [3.8, 4) is 11.5 Å². The summed E-state index contributed by atoms with van der Waals surface area (Å²) in [6.07, 6.45) is 0. The highest BCUT2D eigenvalue weighted by Gasteiger charge is 2.09. The lowest BCUT2D eigenvalue weighted by atomic mass is 10.2. The molecule has 0 saturated carbocycles. The maximum atomic E-state index is 6.22. The van der Waals surface area contributed by atoms with Crippen LogP contribution in [0.1, 0.15) is 10.4 Å². The van der Waals surface area contributed by atoms with Crippen LogP contribution < -0.4 is 14.8 Å². The maximum absolute atomic E-state index is 6.22. The normalized spacial score (nSPS) is 10.5. The highest BCUT2D eigenvalue weighted by Crippen LogP contribution is 2.33. The van der Waals surface area contributed by atoms with Gasteiger partial charge >= 0.3 is 0 Å². The van der Waals surface area contributed by atoms with E-state index >= 15 is 0 Å². The highest BCUT2D eigenvalue weighted by atomic mass is 35.5. The van der Waals surface area contributed by atoms with Gasteiger partial charge in [-0.3, -0.25) is 0 Å². The molecule has 1 aromatic heterocycles. The first-order valence-electron chi connectivity index (χ1n) is 5.88. The van der Waals surface area contributed by atoms with Crippen molar-refractivity contribution in [2.24, 2.45) is 0 Å². The van der Waals surface area contributed by atoms with Gasteiger partial charge in [-0.1, -0.05) is 17.7 Å². The summed E-state index contributed by atoms with van der Waals surface area (Å²) >= 11 is 7.96. The van der Waals surface area contributed by atoms with E-state index < -0.39 is 0 Å². The van der Waals surface area contributed by atoms with Crippen LogP contribution in [0.25, 0.3) is 0 Å². The van der Waals surface area contributed by atoms with Crippen LogP contribution >= 0.6 is 22.9 Å². The third-order valence-corrected chi connectivity index (χ3v) is 3.98. The molecule has 0 aliphatic rings. The van der Waals surface area contributed by atoms with E-state index in [1.165, 1.54) is 4.88 Å². The first-order chi connectivity index (χ1) is 9.24. The summed E-state index contributed by atoms with van der Waals surface area (Å²) in [4.78, 5) is 1.30. The van der Waals surface area contributed by atoms with Gasteiger partial charge in [-0.05, 0) is 23.1 Å². The molecule has 1 aromatic carbocycles. The van der Waals surface area contributed by atoms with Crippen LogP contribution in [-0.4, -0.2) is 14.2 Å². The Morgan fingerprint density at radius 2 is 1.89 bits per heavy atom. The van der Waals surface area contributed by atoms with Crippen molar-refractivity contribution in [1.82, 2.24) is 5.32 Å². The predicted octanol–water partition coefficient (Wildman–Crippen LogP) is 3.71. The number of rotatable bonds is 6. The molecule has 0 aliphatic heterocycles. The van der Waals surface area contributed by atoms with E-state index in [1.54, 1.807) is 31.6 Å². The second kappa shape index (κ2) is 6.80. The van der Waals surface area contributed by atoms with Crippen LogP contribution in [0.4, 0.5) is 0 Å². The number of halogens is 1. The van der Waals surface area contributed by atoms with Crippen molar-refractivity contribution in [2.75, 3.05) is 14.2 Å². The number of thiophene rings is 1. The smallest absolute Gasteiger partial charge is 0.162 e. The van der Waals surface area contributed by atoms with Crippen molar-refractivity contribution >= 4 is 22.9 Å². The molecule has 2 rings (SSSR count). The molecule has 5 heteroatoms. The Morgan fingerprint density at radius 1 is 1.16 bits per heavy atom. The fraction of sp³-hybridized carbons (Fsp3) is 0.286. The lowest BCUT2D eigenvalue weighted by molar-refractivity contribution is 0.354. The van der Waals surface area contributed by atoms with Gasteiger partial charge in [0.15, 0.2) is 11.5 Å². The predicted molar refractivity (Wildman–Crippen MR) is 79.4 cm³/mol. The molecule has 0 amide bonds. The molecule has 0 radical (unpaired) electrons. The second-order valence-electron chi connectivity index (χ2n) is 3.98. The fourth-order valence-electron chi connectivity index (χ4n) is 1.77. The van der Waals surface area contributed by atoms with Crippen molar-refractivity contribution < 1.29 is 9.47 Å². The number of ether oxygens (including phenoxy) is 2. The zero-order chi connectivity index (χ0) is 13.7. The molecule has 1 heterocycles. The van der Waals surface area contributed by atoms with E-state index in [2.05, 4.69) is 16.8 Å². The number of hydrogen-bond acceptors (Lipinski definition) is 4. The summed E-state index contributed by atoms with van der Waals surface area (Å²) < 4.78 is 10.5. The van der Waals surface area contributed by atoms with Gasteiger partial charge in [-0.15, -0.1) is 11.3 Å². The van der Waals surface area contributed by atoms with Crippen molar-refractivity contribution in [1.29, 1.82) is 0 Å². The van der Waals surface area contributed by atoms with Gasteiger partial charge in [-0.2, -0.15) is 0 Å². The topological polar surface area (TPSA) is 30.5 Å². The van der Waals surface area contributed by atoms with Gasteiger partial charge in [0.1, 0.15) is 0 Å². The number of nitrogens with one attached hydrogen (secondary N) is 1. The zero-order valence-corrected chi connectivity index (χ0v) is 12.5. The molecule has 19 heavy (non-hydrogen) atoms. The summed E-state index contributed by atoms with van der Waals surface area (Å²) in [5, 5.41) is 6.11. The van der Waals surface area contributed by atoms with Gasteiger partial charge in [-0.25, -0.2) is 0 Å². The standard InChI is InChI=1S/C14H16ClNO2S/c1-17-13-6-10(12(15)7-14(13)18-2)8-16-9-11-4-3-5-19-11/h3-7,16H,8-9H2,1-2H3. The van der Waals surface area contributed by atoms with E-state index in [0.29, 0.717) is 23.1 Å². The Hall–Kier alpha value is -1.23. The minimum Gasteiger partial charge on any atom is -0.493 e. The molecule has 3 nitrogen and oxygen atoms in total. The Morgan fingerprint density at radius 3 is 2.53 bits per heavy atom. The van der Waals surface area contributed by atoms with Gasteiger partial charge in [0.05, 0.1) is 14.2 Å². The van der Waals surface area contributed by atoms with Gasteiger partial charge in [0.25, 0.3) is 0 Å². The molecule has 0 spiro atoms. The van der Waals surface area contributed by atoms with E-state index in [0.717, 1.165) is 12.1 Å². The van der Waals surface area contributed by atoms with Crippen LogP contribution in [0, 0.1) is 0 Å². The Balaban J connectivity index is 2.03. The number of methoxy groups -OCH3 is 2. The van der Waals surface area contributed by atoms with E-state index in [4.69, 9.17) is 21.1 Å².